The monoisotopic (exact) mass is 284 g/mol. The summed E-state index contributed by atoms with van der Waals surface area (Å²) in [6, 6.07) is 5.79. The van der Waals surface area contributed by atoms with Gasteiger partial charge in [-0.2, -0.15) is 0 Å². The van der Waals surface area contributed by atoms with Crippen molar-refractivity contribution in [3.63, 3.8) is 0 Å². The molecule has 0 aliphatic rings. The Balaban J connectivity index is 2.02. The molecule has 86 valence electrons. The number of nitrogens with zero attached hydrogens (tertiary/aromatic N) is 1. The number of halogens is 1. The van der Waals surface area contributed by atoms with E-state index in [4.69, 9.17) is 9.15 Å². The van der Waals surface area contributed by atoms with E-state index >= 15 is 0 Å². The molecule has 0 atom stereocenters. The van der Waals surface area contributed by atoms with E-state index in [9.17, 15) is 0 Å². The Morgan fingerprint density at radius 3 is 3.19 bits per heavy atom. The van der Waals surface area contributed by atoms with Crippen molar-refractivity contribution in [3.05, 3.63) is 28.6 Å². The summed E-state index contributed by atoms with van der Waals surface area (Å²) in [6.45, 7) is 2.10. The van der Waals surface area contributed by atoms with Crippen molar-refractivity contribution >= 4 is 27.0 Å². The van der Waals surface area contributed by atoms with Crippen LogP contribution >= 0.6 is 15.9 Å². The van der Waals surface area contributed by atoms with Crippen molar-refractivity contribution in [2.75, 3.05) is 20.3 Å². The first-order valence-corrected chi connectivity index (χ1v) is 5.83. The van der Waals surface area contributed by atoms with E-state index in [2.05, 4.69) is 26.2 Å². The summed E-state index contributed by atoms with van der Waals surface area (Å²) in [4.78, 5) is 4.37. The summed E-state index contributed by atoms with van der Waals surface area (Å²) in [7, 11) is 1.68. The molecule has 16 heavy (non-hydrogen) atoms. The van der Waals surface area contributed by atoms with Gasteiger partial charge in [-0.3, -0.25) is 0 Å². The topological polar surface area (TPSA) is 47.3 Å². The summed E-state index contributed by atoms with van der Waals surface area (Å²) < 4.78 is 11.5. The van der Waals surface area contributed by atoms with Crippen LogP contribution < -0.4 is 5.32 Å². The molecular formula is C11H13BrN2O2. The van der Waals surface area contributed by atoms with Gasteiger partial charge in [-0.1, -0.05) is 15.9 Å². The van der Waals surface area contributed by atoms with Crippen molar-refractivity contribution in [1.29, 1.82) is 0 Å². The van der Waals surface area contributed by atoms with E-state index in [1.54, 1.807) is 7.11 Å². The fraction of sp³-hybridized carbons (Fsp3) is 0.364. The molecule has 1 N–H and O–H groups in total. The fourth-order valence-electron chi connectivity index (χ4n) is 1.39. The summed E-state index contributed by atoms with van der Waals surface area (Å²) >= 11 is 3.40. The molecule has 0 aliphatic carbocycles. The van der Waals surface area contributed by atoms with Gasteiger partial charge in [0.05, 0.1) is 13.2 Å². The maximum atomic E-state index is 5.57. The van der Waals surface area contributed by atoms with Crippen LogP contribution in [0.5, 0.6) is 0 Å². The first-order chi connectivity index (χ1) is 7.79. The molecule has 0 aliphatic heterocycles. The molecule has 0 bridgehead atoms. The fourth-order valence-corrected chi connectivity index (χ4v) is 1.74. The van der Waals surface area contributed by atoms with Gasteiger partial charge in [0, 0.05) is 18.1 Å². The molecule has 4 nitrogen and oxygen atoms in total. The van der Waals surface area contributed by atoms with Gasteiger partial charge in [-0.15, -0.1) is 0 Å². The van der Waals surface area contributed by atoms with Crippen LogP contribution in [0.4, 0.5) is 0 Å². The lowest BCUT2D eigenvalue weighted by molar-refractivity contribution is 0.198. The number of ether oxygens (including phenoxy) is 1. The molecule has 0 amide bonds. The summed E-state index contributed by atoms with van der Waals surface area (Å²) in [6.07, 6.45) is 0. The zero-order valence-electron chi connectivity index (χ0n) is 9.00. The maximum Gasteiger partial charge on any atom is 0.209 e. The maximum absolute atomic E-state index is 5.57. The smallest absolute Gasteiger partial charge is 0.209 e. The Morgan fingerprint density at radius 2 is 2.38 bits per heavy atom. The zero-order chi connectivity index (χ0) is 11.4. The predicted molar refractivity (Wildman–Crippen MR) is 65.3 cm³/mol. The third-order valence-corrected chi connectivity index (χ3v) is 2.65. The first-order valence-electron chi connectivity index (χ1n) is 5.04. The van der Waals surface area contributed by atoms with E-state index < -0.39 is 0 Å². The molecule has 0 saturated carbocycles. The summed E-state index contributed by atoms with van der Waals surface area (Å²) in [5.74, 6) is 0.698. The van der Waals surface area contributed by atoms with Crippen LogP contribution in [0.3, 0.4) is 0 Å². The van der Waals surface area contributed by atoms with Gasteiger partial charge in [0.1, 0.15) is 5.52 Å². The second-order valence-electron chi connectivity index (χ2n) is 3.39. The van der Waals surface area contributed by atoms with Crippen molar-refractivity contribution in [2.24, 2.45) is 0 Å². The van der Waals surface area contributed by atoms with Gasteiger partial charge >= 0.3 is 0 Å². The average Bonchev–Trinajstić information content (AvgIpc) is 2.66. The van der Waals surface area contributed by atoms with Crippen LogP contribution in [-0.4, -0.2) is 25.2 Å². The minimum Gasteiger partial charge on any atom is -0.439 e. The molecule has 1 aromatic carbocycles. The number of benzene rings is 1. The van der Waals surface area contributed by atoms with E-state index in [1.165, 1.54) is 0 Å². The number of methoxy groups -OCH3 is 1. The van der Waals surface area contributed by atoms with E-state index in [0.29, 0.717) is 19.0 Å². The number of fused-ring (bicyclic) bond motifs is 1. The molecule has 0 fully saturated rings. The number of nitrogens with one attached hydrogen (secondary N) is 1. The highest BCUT2D eigenvalue weighted by Crippen LogP contribution is 2.20. The summed E-state index contributed by atoms with van der Waals surface area (Å²) in [5.41, 5.74) is 1.68. The lowest BCUT2D eigenvalue weighted by Gasteiger charge is -1.99. The normalized spacial score (nSPS) is 11.1. The predicted octanol–water partition coefficient (Wildman–Crippen LogP) is 2.33. The first kappa shape index (κ1) is 11.6. The Bertz CT molecular complexity index is 470. The molecule has 1 aromatic heterocycles. The molecule has 0 spiro atoms. The lowest BCUT2D eigenvalue weighted by atomic mass is 10.3. The van der Waals surface area contributed by atoms with Gasteiger partial charge in [0.2, 0.25) is 5.89 Å². The van der Waals surface area contributed by atoms with E-state index in [-0.39, 0.29) is 0 Å². The molecule has 0 saturated heterocycles. The molecular weight excluding hydrogens is 272 g/mol. The van der Waals surface area contributed by atoms with Gasteiger partial charge in [0.25, 0.3) is 0 Å². The number of oxazole rings is 1. The summed E-state index contributed by atoms with van der Waals surface area (Å²) in [5, 5.41) is 3.19. The number of rotatable bonds is 5. The molecule has 1 heterocycles. The van der Waals surface area contributed by atoms with E-state index in [1.807, 2.05) is 18.2 Å². The molecule has 2 aromatic rings. The van der Waals surface area contributed by atoms with Gasteiger partial charge in [0.15, 0.2) is 5.58 Å². The highest BCUT2D eigenvalue weighted by molar-refractivity contribution is 9.10. The van der Waals surface area contributed by atoms with Gasteiger partial charge < -0.3 is 14.5 Å². The Labute approximate surface area is 102 Å². The Morgan fingerprint density at radius 1 is 1.50 bits per heavy atom. The third-order valence-electron chi connectivity index (χ3n) is 2.15. The molecule has 2 rings (SSSR count). The highest BCUT2D eigenvalue weighted by Gasteiger charge is 2.05. The number of aromatic nitrogens is 1. The van der Waals surface area contributed by atoms with Crippen LogP contribution in [-0.2, 0) is 11.3 Å². The Hall–Kier alpha value is -0.910. The second-order valence-corrected chi connectivity index (χ2v) is 4.30. The van der Waals surface area contributed by atoms with Crippen molar-refractivity contribution < 1.29 is 9.15 Å². The third kappa shape index (κ3) is 2.81. The van der Waals surface area contributed by atoms with Gasteiger partial charge in [-0.25, -0.2) is 4.98 Å². The SMILES string of the molecule is COCCNCc1nc2cc(Br)ccc2o1. The van der Waals surface area contributed by atoms with Crippen molar-refractivity contribution in [1.82, 2.24) is 10.3 Å². The highest BCUT2D eigenvalue weighted by atomic mass is 79.9. The second kappa shape index (κ2) is 5.43. The standard InChI is InChI=1S/C11H13BrN2O2/c1-15-5-4-13-7-11-14-9-6-8(12)2-3-10(9)16-11/h2-3,6,13H,4-5,7H2,1H3. The van der Waals surface area contributed by atoms with Crippen molar-refractivity contribution in [2.45, 2.75) is 6.54 Å². The van der Waals surface area contributed by atoms with E-state index in [0.717, 1.165) is 22.1 Å². The lowest BCUT2D eigenvalue weighted by Crippen LogP contribution is -2.18. The van der Waals surface area contributed by atoms with Crippen molar-refractivity contribution in [3.8, 4) is 0 Å². The average molecular weight is 285 g/mol. The Kier molecular flexibility index (Phi) is 3.93. The largest absolute Gasteiger partial charge is 0.439 e. The van der Waals surface area contributed by atoms with Crippen LogP contribution in [0, 0.1) is 0 Å². The van der Waals surface area contributed by atoms with Crippen LogP contribution in [0.15, 0.2) is 27.1 Å². The molecule has 0 unspecified atom stereocenters. The molecule has 5 heteroatoms. The zero-order valence-corrected chi connectivity index (χ0v) is 10.6. The van der Waals surface area contributed by atoms with Crippen LogP contribution in [0.1, 0.15) is 5.89 Å². The van der Waals surface area contributed by atoms with Crippen LogP contribution in [0.2, 0.25) is 0 Å². The number of hydrogen-bond acceptors (Lipinski definition) is 4. The van der Waals surface area contributed by atoms with Gasteiger partial charge in [-0.05, 0) is 18.2 Å². The molecule has 0 radical (unpaired) electrons. The number of hydrogen-bond donors (Lipinski definition) is 1. The quantitative estimate of drug-likeness (QED) is 0.856. The minimum absolute atomic E-state index is 0.621. The van der Waals surface area contributed by atoms with Crippen LogP contribution in [0.25, 0.3) is 11.1 Å². The minimum atomic E-state index is 0.621.